The molecule has 2 aliphatic rings. The Kier molecular flexibility index (Phi) is 1.96. The third-order valence-corrected chi connectivity index (χ3v) is 3.73. The number of ether oxygens (including phenoxy) is 1. The Bertz CT molecular complexity index is 477. The van der Waals surface area contributed by atoms with Gasteiger partial charge in [0.05, 0.1) is 17.0 Å². The molecular weight excluding hydrogens is 228 g/mol. The van der Waals surface area contributed by atoms with Gasteiger partial charge in [-0.2, -0.15) is 0 Å². The van der Waals surface area contributed by atoms with Crippen LogP contribution in [-0.2, 0) is 16.6 Å². The van der Waals surface area contributed by atoms with E-state index in [4.69, 9.17) is 16.3 Å². The highest BCUT2D eigenvalue weighted by molar-refractivity contribution is 6.32. The van der Waals surface area contributed by atoms with Crippen molar-refractivity contribution in [3.63, 3.8) is 0 Å². The summed E-state index contributed by atoms with van der Waals surface area (Å²) in [6, 6.07) is 3.68. The van der Waals surface area contributed by atoms with Crippen molar-refractivity contribution in [3.8, 4) is 5.75 Å². The van der Waals surface area contributed by atoms with Gasteiger partial charge in [0.2, 0.25) is 0 Å². The first kappa shape index (κ1) is 9.97. The first-order valence-electron chi connectivity index (χ1n) is 5.32. The van der Waals surface area contributed by atoms with Gasteiger partial charge in [0.25, 0.3) is 0 Å². The van der Waals surface area contributed by atoms with Gasteiger partial charge in [-0.1, -0.05) is 17.7 Å². The minimum absolute atomic E-state index is 0.539. The van der Waals surface area contributed by atoms with Crippen molar-refractivity contribution >= 4 is 17.6 Å². The number of fused-ring (bicyclic) bond motifs is 1. The molecule has 84 valence electrons. The summed E-state index contributed by atoms with van der Waals surface area (Å²) in [7, 11) is 0. The maximum Gasteiger partial charge on any atom is 0.314 e. The van der Waals surface area contributed by atoms with Crippen molar-refractivity contribution in [1.29, 1.82) is 0 Å². The molecule has 0 saturated heterocycles. The summed E-state index contributed by atoms with van der Waals surface area (Å²) < 4.78 is 5.40. The molecule has 3 nitrogen and oxygen atoms in total. The van der Waals surface area contributed by atoms with Crippen molar-refractivity contribution in [2.45, 2.75) is 24.7 Å². The Balaban J connectivity index is 2.10. The van der Waals surface area contributed by atoms with Gasteiger partial charge < -0.3 is 9.84 Å². The standard InChI is InChI=1S/C12H11ClO3/c13-9-6-8(12(2-3-12)11(14)15)5-7-1-4-16-10(7)9/h5-6H,1-4H2,(H,14,15). The lowest BCUT2D eigenvalue weighted by Crippen LogP contribution is -2.19. The number of benzene rings is 1. The minimum atomic E-state index is -0.748. The summed E-state index contributed by atoms with van der Waals surface area (Å²) in [5, 5.41) is 9.76. The van der Waals surface area contributed by atoms with Gasteiger partial charge in [-0.3, -0.25) is 4.79 Å². The van der Waals surface area contributed by atoms with Crippen LogP contribution in [0.1, 0.15) is 24.0 Å². The number of carboxylic acid groups (broad SMARTS) is 1. The van der Waals surface area contributed by atoms with E-state index in [-0.39, 0.29) is 0 Å². The summed E-state index contributed by atoms with van der Waals surface area (Å²) in [5.74, 6) is -0.0194. The van der Waals surface area contributed by atoms with Gasteiger partial charge in [-0.15, -0.1) is 0 Å². The van der Waals surface area contributed by atoms with Crippen molar-refractivity contribution < 1.29 is 14.6 Å². The fourth-order valence-corrected chi connectivity index (χ4v) is 2.58. The maximum atomic E-state index is 11.2. The number of hydrogen-bond acceptors (Lipinski definition) is 2. The first-order chi connectivity index (χ1) is 7.63. The van der Waals surface area contributed by atoms with Gasteiger partial charge in [0.15, 0.2) is 0 Å². The first-order valence-corrected chi connectivity index (χ1v) is 5.70. The van der Waals surface area contributed by atoms with E-state index in [0.717, 1.165) is 23.3 Å². The van der Waals surface area contributed by atoms with Crippen LogP contribution in [-0.4, -0.2) is 17.7 Å². The Hall–Kier alpha value is -1.22. The van der Waals surface area contributed by atoms with Crippen LogP contribution in [0.25, 0.3) is 0 Å². The number of halogens is 1. The van der Waals surface area contributed by atoms with Crippen molar-refractivity contribution in [2.24, 2.45) is 0 Å². The highest BCUT2D eigenvalue weighted by atomic mass is 35.5. The zero-order valence-corrected chi connectivity index (χ0v) is 9.38. The van der Waals surface area contributed by atoms with Gasteiger partial charge in [-0.25, -0.2) is 0 Å². The van der Waals surface area contributed by atoms with Gasteiger partial charge in [-0.05, 0) is 30.0 Å². The van der Waals surface area contributed by atoms with E-state index in [2.05, 4.69) is 0 Å². The molecule has 1 saturated carbocycles. The van der Waals surface area contributed by atoms with E-state index in [9.17, 15) is 9.90 Å². The predicted molar refractivity (Wildman–Crippen MR) is 59.2 cm³/mol. The van der Waals surface area contributed by atoms with Crippen molar-refractivity contribution in [3.05, 3.63) is 28.3 Å². The SMILES string of the molecule is O=C(O)C1(c2cc(Cl)c3c(c2)CCO3)CC1. The molecule has 1 aliphatic carbocycles. The third-order valence-electron chi connectivity index (χ3n) is 3.45. The average molecular weight is 239 g/mol. The predicted octanol–water partition coefficient (Wildman–Crippen LogP) is 2.39. The summed E-state index contributed by atoms with van der Waals surface area (Å²) in [6.45, 7) is 0.637. The molecule has 1 N–H and O–H groups in total. The summed E-state index contributed by atoms with van der Waals surface area (Å²) >= 11 is 6.10. The molecule has 16 heavy (non-hydrogen) atoms. The lowest BCUT2D eigenvalue weighted by molar-refractivity contribution is -0.140. The second-order valence-corrected chi connectivity index (χ2v) is 4.84. The van der Waals surface area contributed by atoms with Crippen LogP contribution in [0, 0.1) is 0 Å². The highest BCUT2D eigenvalue weighted by Gasteiger charge is 2.52. The molecule has 1 fully saturated rings. The fraction of sp³-hybridized carbons (Fsp3) is 0.417. The largest absolute Gasteiger partial charge is 0.491 e. The molecule has 1 aromatic rings. The molecule has 3 rings (SSSR count). The van der Waals surface area contributed by atoms with Crippen LogP contribution in [0.5, 0.6) is 5.75 Å². The van der Waals surface area contributed by atoms with E-state index in [1.54, 1.807) is 6.07 Å². The second-order valence-electron chi connectivity index (χ2n) is 4.43. The Morgan fingerprint density at radius 3 is 2.81 bits per heavy atom. The molecule has 1 aromatic carbocycles. The number of carboxylic acids is 1. The van der Waals surface area contributed by atoms with Crippen LogP contribution in [0.4, 0.5) is 0 Å². The molecule has 0 spiro atoms. The number of hydrogen-bond donors (Lipinski definition) is 1. The van der Waals surface area contributed by atoms with Gasteiger partial charge in [0, 0.05) is 6.42 Å². The molecule has 4 heteroatoms. The third kappa shape index (κ3) is 1.24. The number of aliphatic carboxylic acids is 1. The lowest BCUT2D eigenvalue weighted by Gasteiger charge is -2.12. The lowest BCUT2D eigenvalue weighted by atomic mass is 9.94. The van der Waals surface area contributed by atoms with E-state index in [0.29, 0.717) is 24.5 Å². The Morgan fingerprint density at radius 2 is 2.19 bits per heavy atom. The monoisotopic (exact) mass is 238 g/mol. The van der Waals surface area contributed by atoms with E-state index >= 15 is 0 Å². The van der Waals surface area contributed by atoms with Crippen molar-refractivity contribution in [2.75, 3.05) is 6.61 Å². The molecule has 0 bridgehead atoms. The highest BCUT2D eigenvalue weighted by Crippen LogP contribution is 2.50. The minimum Gasteiger partial charge on any atom is -0.491 e. The van der Waals surface area contributed by atoms with Crippen LogP contribution < -0.4 is 4.74 Å². The molecule has 0 unspecified atom stereocenters. The summed E-state index contributed by atoms with van der Waals surface area (Å²) in [5.41, 5.74) is 1.19. The molecule has 0 radical (unpaired) electrons. The zero-order chi connectivity index (χ0) is 11.3. The van der Waals surface area contributed by atoms with Crippen LogP contribution in [0.2, 0.25) is 5.02 Å². The Morgan fingerprint density at radius 1 is 1.44 bits per heavy atom. The van der Waals surface area contributed by atoms with E-state index in [1.807, 2.05) is 6.07 Å². The van der Waals surface area contributed by atoms with Gasteiger partial charge >= 0.3 is 5.97 Å². The average Bonchev–Trinajstić information content (AvgIpc) is 2.92. The Labute approximate surface area is 98.0 Å². The summed E-state index contributed by atoms with van der Waals surface area (Å²) in [6.07, 6.45) is 2.23. The van der Waals surface area contributed by atoms with E-state index in [1.165, 1.54) is 0 Å². The second kappa shape index (κ2) is 3.14. The van der Waals surface area contributed by atoms with Gasteiger partial charge in [0.1, 0.15) is 5.75 Å². The molecule has 0 amide bonds. The van der Waals surface area contributed by atoms with Crippen LogP contribution >= 0.6 is 11.6 Å². The smallest absolute Gasteiger partial charge is 0.314 e. The number of rotatable bonds is 2. The molecule has 0 atom stereocenters. The maximum absolute atomic E-state index is 11.2. The van der Waals surface area contributed by atoms with Crippen LogP contribution in [0.3, 0.4) is 0 Å². The molecule has 1 heterocycles. The zero-order valence-electron chi connectivity index (χ0n) is 8.62. The molecular formula is C12H11ClO3. The topological polar surface area (TPSA) is 46.5 Å². The van der Waals surface area contributed by atoms with Crippen molar-refractivity contribution in [1.82, 2.24) is 0 Å². The molecule has 0 aromatic heterocycles. The summed E-state index contributed by atoms with van der Waals surface area (Å²) in [4.78, 5) is 11.2. The number of carbonyl (C=O) groups is 1. The normalized spacial score (nSPS) is 20.1. The van der Waals surface area contributed by atoms with Crippen LogP contribution in [0.15, 0.2) is 12.1 Å². The fourth-order valence-electron chi connectivity index (χ4n) is 2.29. The quantitative estimate of drug-likeness (QED) is 0.861. The van der Waals surface area contributed by atoms with E-state index < -0.39 is 11.4 Å². The molecule has 1 aliphatic heterocycles.